The zero-order valence-electron chi connectivity index (χ0n) is 32.0. The summed E-state index contributed by atoms with van der Waals surface area (Å²) < 4.78 is 9.32. The van der Waals surface area contributed by atoms with E-state index in [0.29, 0.717) is 0 Å². The lowest BCUT2D eigenvalue weighted by Gasteiger charge is -2.26. The van der Waals surface area contributed by atoms with E-state index in [1.807, 2.05) is 11.3 Å². The van der Waals surface area contributed by atoms with E-state index in [1.165, 1.54) is 69.7 Å². The standard InChI is InChI=1S/C56H35NOS/c1-2-12-40-35-43(23-22-36(40)10-1)42-14-7-13-41(34-42)37-24-29-44(30-25-37)57(50-18-9-19-51-55(50)49-33-28-38-11-3-4-15-47(38)56(49)58-51)45-31-26-39(27-32-45)46-17-8-21-53-54(46)48-16-5-6-20-52(48)59-53/h1-35H. The van der Waals surface area contributed by atoms with Gasteiger partial charge in [0.15, 0.2) is 0 Å². The first-order valence-electron chi connectivity index (χ1n) is 20.1. The molecule has 0 amide bonds. The molecule has 0 aliphatic carbocycles. The van der Waals surface area contributed by atoms with Crippen LogP contribution in [0.4, 0.5) is 17.1 Å². The van der Waals surface area contributed by atoms with Crippen LogP contribution < -0.4 is 4.90 Å². The van der Waals surface area contributed by atoms with Gasteiger partial charge in [-0.2, -0.15) is 0 Å². The van der Waals surface area contributed by atoms with Gasteiger partial charge in [-0.3, -0.25) is 0 Å². The van der Waals surface area contributed by atoms with E-state index in [1.54, 1.807) is 0 Å². The van der Waals surface area contributed by atoms with Gasteiger partial charge in [0, 0.05) is 42.3 Å². The second kappa shape index (κ2) is 13.6. The van der Waals surface area contributed by atoms with Crippen molar-refractivity contribution in [3.63, 3.8) is 0 Å². The van der Waals surface area contributed by atoms with Gasteiger partial charge in [0.2, 0.25) is 0 Å². The highest BCUT2D eigenvalue weighted by Gasteiger charge is 2.21. The maximum atomic E-state index is 6.70. The fraction of sp³-hybridized carbons (Fsp3) is 0. The molecule has 3 heteroatoms. The molecule has 12 rings (SSSR count). The van der Waals surface area contributed by atoms with Crippen LogP contribution in [0.3, 0.4) is 0 Å². The Balaban J connectivity index is 0.991. The van der Waals surface area contributed by atoms with Gasteiger partial charge >= 0.3 is 0 Å². The molecule has 0 N–H and O–H groups in total. The van der Waals surface area contributed by atoms with Crippen molar-refractivity contribution in [1.29, 1.82) is 0 Å². The van der Waals surface area contributed by atoms with Crippen LogP contribution in [-0.2, 0) is 0 Å². The molecule has 0 unspecified atom stereocenters. The third-order valence-electron chi connectivity index (χ3n) is 11.8. The van der Waals surface area contributed by atoms with Crippen molar-refractivity contribution < 1.29 is 4.42 Å². The summed E-state index contributed by atoms with van der Waals surface area (Å²) in [5, 5.41) is 9.62. The van der Waals surface area contributed by atoms with E-state index < -0.39 is 0 Å². The fourth-order valence-electron chi connectivity index (χ4n) is 9.00. The molecule has 0 bridgehead atoms. The Labute approximate surface area is 345 Å². The number of fused-ring (bicyclic) bond motifs is 9. The maximum Gasteiger partial charge on any atom is 0.143 e. The van der Waals surface area contributed by atoms with Gasteiger partial charge in [-0.25, -0.2) is 0 Å². The van der Waals surface area contributed by atoms with E-state index in [2.05, 4.69) is 217 Å². The molecule has 59 heavy (non-hydrogen) atoms. The molecule has 276 valence electrons. The Hall–Kier alpha value is -7.46. The number of hydrogen-bond acceptors (Lipinski definition) is 3. The second-order valence-corrected chi connectivity index (χ2v) is 16.3. The van der Waals surface area contributed by atoms with Crippen LogP contribution >= 0.6 is 11.3 Å². The fourth-order valence-corrected chi connectivity index (χ4v) is 10.1. The molecule has 0 saturated heterocycles. The van der Waals surface area contributed by atoms with Crippen LogP contribution in [-0.4, -0.2) is 0 Å². The lowest BCUT2D eigenvalue weighted by Crippen LogP contribution is -2.10. The van der Waals surface area contributed by atoms with E-state index >= 15 is 0 Å². The third-order valence-corrected chi connectivity index (χ3v) is 13.0. The van der Waals surface area contributed by atoms with Crippen molar-refractivity contribution in [2.75, 3.05) is 4.90 Å². The van der Waals surface area contributed by atoms with Gasteiger partial charge < -0.3 is 9.32 Å². The monoisotopic (exact) mass is 769 g/mol. The lowest BCUT2D eigenvalue weighted by atomic mass is 9.97. The number of hydrogen-bond donors (Lipinski definition) is 0. The Kier molecular flexibility index (Phi) is 7.75. The molecule has 0 fully saturated rings. The van der Waals surface area contributed by atoms with Crippen molar-refractivity contribution in [1.82, 2.24) is 0 Å². The number of benzene rings is 10. The molecular formula is C56H35NOS. The molecule has 12 aromatic rings. The van der Waals surface area contributed by atoms with Gasteiger partial charge in [-0.05, 0) is 116 Å². The highest BCUT2D eigenvalue weighted by molar-refractivity contribution is 7.25. The number of furan rings is 1. The maximum absolute atomic E-state index is 6.70. The molecule has 0 atom stereocenters. The summed E-state index contributed by atoms with van der Waals surface area (Å²) in [5.74, 6) is 0. The number of thiophene rings is 1. The molecular weight excluding hydrogens is 735 g/mol. The first-order valence-corrected chi connectivity index (χ1v) is 20.9. The molecule has 0 saturated carbocycles. The Bertz CT molecular complexity index is 3560. The molecule has 2 nitrogen and oxygen atoms in total. The molecule has 2 heterocycles. The largest absolute Gasteiger partial charge is 0.455 e. The van der Waals surface area contributed by atoms with Crippen LogP contribution in [0.2, 0.25) is 0 Å². The Morgan fingerprint density at radius 1 is 0.356 bits per heavy atom. The molecule has 0 spiro atoms. The summed E-state index contributed by atoms with van der Waals surface area (Å²) in [6.07, 6.45) is 0. The minimum atomic E-state index is 0.869. The summed E-state index contributed by atoms with van der Waals surface area (Å²) in [4.78, 5) is 2.38. The van der Waals surface area contributed by atoms with Crippen LogP contribution in [0, 0.1) is 0 Å². The predicted octanol–water partition coefficient (Wildman–Crippen LogP) is 16.7. The third kappa shape index (κ3) is 5.62. The number of anilines is 3. The first-order chi connectivity index (χ1) is 29.2. The minimum Gasteiger partial charge on any atom is -0.455 e. The van der Waals surface area contributed by atoms with E-state index in [9.17, 15) is 0 Å². The van der Waals surface area contributed by atoms with Crippen LogP contribution in [0.25, 0.3) is 97.0 Å². The van der Waals surface area contributed by atoms with Gasteiger partial charge in [0.25, 0.3) is 0 Å². The molecule has 0 aliphatic heterocycles. The van der Waals surface area contributed by atoms with Crippen molar-refractivity contribution in [3.05, 3.63) is 212 Å². The lowest BCUT2D eigenvalue weighted by molar-refractivity contribution is 0.672. The van der Waals surface area contributed by atoms with Crippen molar-refractivity contribution >= 4 is 92.1 Å². The van der Waals surface area contributed by atoms with Crippen molar-refractivity contribution in [3.8, 4) is 33.4 Å². The molecule has 0 aliphatic rings. The van der Waals surface area contributed by atoms with Gasteiger partial charge in [-0.1, -0.05) is 146 Å². The zero-order chi connectivity index (χ0) is 38.9. The number of nitrogens with zero attached hydrogens (tertiary/aromatic N) is 1. The molecule has 10 aromatic carbocycles. The summed E-state index contributed by atoms with van der Waals surface area (Å²) in [7, 11) is 0. The minimum absolute atomic E-state index is 0.869. The average Bonchev–Trinajstić information content (AvgIpc) is 3.89. The van der Waals surface area contributed by atoms with Gasteiger partial charge in [0.05, 0.1) is 11.1 Å². The summed E-state index contributed by atoms with van der Waals surface area (Å²) >= 11 is 1.86. The quantitative estimate of drug-likeness (QED) is 0.167. The number of rotatable bonds is 6. The summed E-state index contributed by atoms with van der Waals surface area (Å²) in [6.45, 7) is 0. The van der Waals surface area contributed by atoms with Crippen LogP contribution in [0.15, 0.2) is 217 Å². The predicted molar refractivity (Wildman–Crippen MR) is 253 cm³/mol. The zero-order valence-corrected chi connectivity index (χ0v) is 32.8. The van der Waals surface area contributed by atoms with Crippen molar-refractivity contribution in [2.24, 2.45) is 0 Å². The highest BCUT2D eigenvalue weighted by Crippen LogP contribution is 2.46. The van der Waals surface area contributed by atoms with E-state index in [-0.39, 0.29) is 0 Å². The normalized spacial score (nSPS) is 11.7. The Morgan fingerprint density at radius 3 is 1.80 bits per heavy atom. The summed E-state index contributed by atoms with van der Waals surface area (Å²) in [6, 6.07) is 76.9. The van der Waals surface area contributed by atoms with Crippen LogP contribution in [0.5, 0.6) is 0 Å². The van der Waals surface area contributed by atoms with E-state index in [4.69, 9.17) is 4.42 Å². The van der Waals surface area contributed by atoms with Gasteiger partial charge in [0.1, 0.15) is 11.2 Å². The first kappa shape index (κ1) is 33.7. The average molecular weight is 770 g/mol. The smallest absolute Gasteiger partial charge is 0.143 e. The molecule has 0 radical (unpaired) electrons. The van der Waals surface area contributed by atoms with Gasteiger partial charge in [-0.15, -0.1) is 11.3 Å². The van der Waals surface area contributed by atoms with Crippen molar-refractivity contribution in [2.45, 2.75) is 0 Å². The summed E-state index contributed by atoms with van der Waals surface area (Å²) in [5.41, 5.74) is 12.2. The molecule has 2 aromatic heterocycles. The SMILES string of the molecule is c1cc(-c2ccc(N(c3ccc(-c4cccc5sc6ccccc6c45)cc3)c3cccc4oc5c6ccccc6ccc5c34)cc2)cc(-c2ccc3ccccc3c2)c1. The van der Waals surface area contributed by atoms with E-state index in [0.717, 1.165) is 44.4 Å². The Morgan fingerprint density at radius 2 is 0.966 bits per heavy atom. The highest BCUT2D eigenvalue weighted by atomic mass is 32.1. The van der Waals surface area contributed by atoms with Crippen LogP contribution in [0.1, 0.15) is 0 Å². The topological polar surface area (TPSA) is 16.4 Å². The second-order valence-electron chi connectivity index (χ2n) is 15.3.